The molecule has 132 valence electrons. The van der Waals surface area contributed by atoms with Crippen molar-refractivity contribution in [2.24, 2.45) is 0 Å². The van der Waals surface area contributed by atoms with Gasteiger partial charge >= 0.3 is 6.36 Å². The SMILES string of the molecule is CC(=O)Nc1cc(NC(=O)c2ccc(OC(F)(F)F)cc2)ccc1F. The van der Waals surface area contributed by atoms with E-state index in [-0.39, 0.29) is 16.9 Å². The van der Waals surface area contributed by atoms with Gasteiger partial charge < -0.3 is 15.4 Å². The molecule has 2 rings (SSSR count). The highest BCUT2D eigenvalue weighted by atomic mass is 19.4. The van der Waals surface area contributed by atoms with Gasteiger partial charge in [-0.1, -0.05) is 0 Å². The van der Waals surface area contributed by atoms with Gasteiger partial charge in [0, 0.05) is 18.2 Å². The van der Waals surface area contributed by atoms with E-state index >= 15 is 0 Å². The van der Waals surface area contributed by atoms with E-state index in [0.717, 1.165) is 30.3 Å². The number of amides is 2. The molecule has 0 aliphatic carbocycles. The van der Waals surface area contributed by atoms with Crippen LogP contribution in [-0.2, 0) is 4.79 Å². The summed E-state index contributed by atoms with van der Waals surface area (Å²) in [7, 11) is 0. The van der Waals surface area contributed by atoms with Crippen LogP contribution < -0.4 is 15.4 Å². The zero-order valence-electron chi connectivity index (χ0n) is 12.8. The standard InChI is InChI=1S/C16H12F4N2O3/c1-9(23)21-14-8-11(4-7-13(14)17)22-15(24)10-2-5-12(6-3-10)25-16(18,19)20/h2-8H,1H3,(H,21,23)(H,22,24). The van der Waals surface area contributed by atoms with Crippen LogP contribution in [0.25, 0.3) is 0 Å². The second-order valence-electron chi connectivity index (χ2n) is 4.90. The molecule has 2 aromatic rings. The zero-order valence-corrected chi connectivity index (χ0v) is 12.8. The van der Waals surface area contributed by atoms with Gasteiger partial charge in [-0.25, -0.2) is 4.39 Å². The molecular formula is C16H12F4N2O3. The van der Waals surface area contributed by atoms with Gasteiger partial charge in [-0.15, -0.1) is 13.2 Å². The number of alkyl halides is 3. The van der Waals surface area contributed by atoms with Gasteiger partial charge in [0.2, 0.25) is 5.91 Å². The molecule has 25 heavy (non-hydrogen) atoms. The van der Waals surface area contributed by atoms with Crippen molar-refractivity contribution in [1.29, 1.82) is 0 Å². The van der Waals surface area contributed by atoms with Crippen LogP contribution >= 0.6 is 0 Å². The minimum absolute atomic E-state index is 0.0694. The summed E-state index contributed by atoms with van der Waals surface area (Å²) >= 11 is 0. The minimum atomic E-state index is -4.82. The highest BCUT2D eigenvalue weighted by Crippen LogP contribution is 2.24. The fourth-order valence-electron chi connectivity index (χ4n) is 1.90. The first kappa shape index (κ1) is 18.2. The normalized spacial score (nSPS) is 10.9. The van der Waals surface area contributed by atoms with Crippen molar-refractivity contribution in [1.82, 2.24) is 0 Å². The third-order valence-corrected chi connectivity index (χ3v) is 2.89. The van der Waals surface area contributed by atoms with Gasteiger partial charge in [-0.3, -0.25) is 9.59 Å². The third-order valence-electron chi connectivity index (χ3n) is 2.89. The average molecular weight is 356 g/mol. The van der Waals surface area contributed by atoms with Gasteiger partial charge in [0.15, 0.2) is 0 Å². The number of anilines is 2. The lowest BCUT2D eigenvalue weighted by molar-refractivity contribution is -0.274. The highest BCUT2D eigenvalue weighted by molar-refractivity contribution is 6.04. The quantitative estimate of drug-likeness (QED) is 0.816. The van der Waals surface area contributed by atoms with Crippen molar-refractivity contribution in [3.63, 3.8) is 0 Å². The van der Waals surface area contributed by atoms with Crippen LogP contribution in [0.1, 0.15) is 17.3 Å². The molecule has 2 N–H and O–H groups in total. The van der Waals surface area contributed by atoms with E-state index in [4.69, 9.17) is 0 Å². The molecule has 0 saturated heterocycles. The summed E-state index contributed by atoms with van der Waals surface area (Å²) in [6, 6.07) is 7.84. The van der Waals surface area contributed by atoms with E-state index < -0.39 is 29.7 Å². The lowest BCUT2D eigenvalue weighted by atomic mass is 10.2. The first-order chi connectivity index (χ1) is 11.6. The molecule has 0 aromatic heterocycles. The molecule has 0 aliphatic rings. The number of hydrogen-bond donors (Lipinski definition) is 2. The summed E-state index contributed by atoms with van der Waals surface area (Å²) < 4.78 is 53.5. The molecule has 9 heteroatoms. The van der Waals surface area contributed by atoms with Crippen LogP contribution in [0.2, 0.25) is 0 Å². The van der Waals surface area contributed by atoms with Crippen molar-refractivity contribution < 1.29 is 31.9 Å². The summed E-state index contributed by atoms with van der Waals surface area (Å²) in [5.41, 5.74) is 0.157. The molecular weight excluding hydrogens is 344 g/mol. The van der Waals surface area contributed by atoms with Crippen molar-refractivity contribution in [3.8, 4) is 5.75 Å². The smallest absolute Gasteiger partial charge is 0.406 e. The molecule has 0 unspecified atom stereocenters. The van der Waals surface area contributed by atoms with E-state index in [1.54, 1.807) is 0 Å². The monoisotopic (exact) mass is 356 g/mol. The fraction of sp³-hybridized carbons (Fsp3) is 0.125. The largest absolute Gasteiger partial charge is 0.573 e. The number of halogens is 4. The van der Waals surface area contributed by atoms with E-state index in [2.05, 4.69) is 15.4 Å². The maximum Gasteiger partial charge on any atom is 0.573 e. The molecule has 0 bridgehead atoms. The Morgan fingerprint density at radius 1 is 1.00 bits per heavy atom. The van der Waals surface area contributed by atoms with E-state index in [1.165, 1.54) is 19.1 Å². The number of benzene rings is 2. The van der Waals surface area contributed by atoms with Crippen LogP contribution in [0.3, 0.4) is 0 Å². The molecule has 0 fully saturated rings. The summed E-state index contributed by atoms with van der Waals surface area (Å²) in [4.78, 5) is 23.1. The summed E-state index contributed by atoms with van der Waals surface area (Å²) in [6.07, 6.45) is -4.82. The highest BCUT2D eigenvalue weighted by Gasteiger charge is 2.31. The van der Waals surface area contributed by atoms with Crippen LogP contribution in [0, 0.1) is 5.82 Å². The zero-order chi connectivity index (χ0) is 18.6. The van der Waals surface area contributed by atoms with Crippen molar-refractivity contribution in [2.45, 2.75) is 13.3 Å². The second-order valence-corrected chi connectivity index (χ2v) is 4.90. The molecule has 0 atom stereocenters. The fourth-order valence-corrected chi connectivity index (χ4v) is 1.90. The summed E-state index contributed by atoms with van der Waals surface area (Å²) in [5, 5.41) is 4.71. The van der Waals surface area contributed by atoms with Crippen LogP contribution in [0.5, 0.6) is 5.75 Å². The Morgan fingerprint density at radius 3 is 2.20 bits per heavy atom. The Kier molecular flexibility index (Phi) is 5.26. The Balaban J connectivity index is 2.10. The number of carbonyl (C=O) groups is 2. The van der Waals surface area contributed by atoms with E-state index in [0.29, 0.717) is 0 Å². The second kappa shape index (κ2) is 7.20. The summed E-state index contributed by atoms with van der Waals surface area (Å²) in [5.74, 6) is -2.25. The Labute approximate surface area is 139 Å². The number of nitrogens with one attached hydrogen (secondary N) is 2. The van der Waals surface area contributed by atoms with Gasteiger partial charge in [-0.2, -0.15) is 0 Å². The van der Waals surface area contributed by atoms with Gasteiger partial charge in [-0.05, 0) is 42.5 Å². The molecule has 0 radical (unpaired) electrons. The Hall–Kier alpha value is -3.10. The van der Waals surface area contributed by atoms with Crippen molar-refractivity contribution in [2.75, 3.05) is 10.6 Å². The van der Waals surface area contributed by atoms with Crippen molar-refractivity contribution >= 4 is 23.2 Å². The maximum absolute atomic E-state index is 13.5. The first-order valence-corrected chi connectivity index (χ1v) is 6.88. The van der Waals surface area contributed by atoms with E-state index in [1.807, 2.05) is 0 Å². The van der Waals surface area contributed by atoms with Crippen LogP contribution in [0.15, 0.2) is 42.5 Å². The van der Waals surface area contributed by atoms with Crippen LogP contribution in [0.4, 0.5) is 28.9 Å². The molecule has 0 spiro atoms. The number of ether oxygens (including phenoxy) is 1. The Bertz CT molecular complexity index is 789. The summed E-state index contributed by atoms with van der Waals surface area (Å²) in [6.45, 7) is 1.20. The predicted octanol–water partition coefficient (Wildman–Crippen LogP) is 3.94. The van der Waals surface area contributed by atoms with Gasteiger partial charge in [0.25, 0.3) is 5.91 Å². The van der Waals surface area contributed by atoms with Gasteiger partial charge in [0.1, 0.15) is 11.6 Å². The third kappa shape index (κ3) is 5.48. The first-order valence-electron chi connectivity index (χ1n) is 6.88. The van der Waals surface area contributed by atoms with Crippen LogP contribution in [-0.4, -0.2) is 18.2 Å². The number of carbonyl (C=O) groups excluding carboxylic acids is 2. The molecule has 5 nitrogen and oxygen atoms in total. The number of rotatable bonds is 4. The predicted molar refractivity (Wildman–Crippen MR) is 81.8 cm³/mol. The van der Waals surface area contributed by atoms with Gasteiger partial charge in [0.05, 0.1) is 5.69 Å². The lowest BCUT2D eigenvalue weighted by Crippen LogP contribution is -2.17. The minimum Gasteiger partial charge on any atom is -0.406 e. The van der Waals surface area contributed by atoms with Crippen molar-refractivity contribution in [3.05, 3.63) is 53.8 Å². The van der Waals surface area contributed by atoms with E-state index in [9.17, 15) is 27.2 Å². The Morgan fingerprint density at radius 2 is 1.64 bits per heavy atom. The average Bonchev–Trinajstić information content (AvgIpc) is 2.49. The molecule has 0 heterocycles. The molecule has 0 saturated carbocycles. The topological polar surface area (TPSA) is 67.4 Å². The lowest BCUT2D eigenvalue weighted by Gasteiger charge is -2.10. The number of hydrogen-bond acceptors (Lipinski definition) is 3. The molecule has 2 amide bonds. The maximum atomic E-state index is 13.5. The molecule has 2 aromatic carbocycles. The molecule has 0 aliphatic heterocycles.